The number of carbonyl (C=O) groups excluding carboxylic acids is 1. The predicted octanol–water partition coefficient (Wildman–Crippen LogP) is 1.21. The normalized spacial score (nSPS) is 9.33. The van der Waals surface area contributed by atoms with Crippen LogP contribution in [0.25, 0.3) is 0 Å². The molecule has 0 bridgehead atoms. The zero-order chi connectivity index (χ0) is 8.81. The van der Waals surface area contributed by atoms with Crippen LogP contribution < -0.4 is 5.32 Å². The molecule has 0 radical (unpaired) electrons. The maximum Gasteiger partial charge on any atom is 0.224 e. The van der Waals surface area contributed by atoms with Crippen LogP contribution in [0.4, 0.5) is 0 Å². The van der Waals surface area contributed by atoms with E-state index in [-0.39, 0.29) is 5.91 Å². The number of amides is 1. The summed E-state index contributed by atoms with van der Waals surface area (Å²) in [5.41, 5.74) is 1.08. The summed E-state index contributed by atoms with van der Waals surface area (Å²) < 4.78 is 0. The summed E-state index contributed by atoms with van der Waals surface area (Å²) in [6, 6.07) is 1.92. The Morgan fingerprint density at radius 3 is 3.17 bits per heavy atom. The van der Waals surface area contributed by atoms with Gasteiger partial charge in [0.25, 0.3) is 0 Å². The third kappa shape index (κ3) is 2.62. The zero-order valence-corrected chi connectivity index (χ0v) is 6.84. The Balaban J connectivity index is 2.26. The quantitative estimate of drug-likeness (QED) is 0.645. The van der Waals surface area contributed by atoms with Crippen LogP contribution in [0.5, 0.6) is 0 Å². The van der Waals surface area contributed by atoms with Crippen LogP contribution in [0.3, 0.4) is 0 Å². The van der Waals surface area contributed by atoms with Gasteiger partial charge in [-0.15, -0.1) is 6.58 Å². The lowest BCUT2D eigenvalue weighted by molar-refractivity contribution is -0.120. The van der Waals surface area contributed by atoms with Crippen LogP contribution in [0.2, 0.25) is 0 Å². The fraction of sp³-hybridized carbons (Fsp3) is 0.222. The second kappa shape index (κ2) is 4.38. The molecule has 0 unspecified atom stereocenters. The monoisotopic (exact) mass is 164 g/mol. The Morgan fingerprint density at radius 2 is 2.58 bits per heavy atom. The fourth-order valence-corrected chi connectivity index (χ4v) is 0.872. The van der Waals surface area contributed by atoms with Crippen LogP contribution in [0, 0.1) is 0 Å². The summed E-state index contributed by atoms with van der Waals surface area (Å²) >= 11 is 0. The van der Waals surface area contributed by atoms with Crippen LogP contribution in [-0.2, 0) is 11.3 Å². The Bertz CT molecular complexity index is 252. The molecule has 12 heavy (non-hydrogen) atoms. The highest BCUT2D eigenvalue weighted by molar-refractivity contribution is 5.77. The van der Waals surface area contributed by atoms with Crippen molar-refractivity contribution in [3.63, 3.8) is 0 Å². The number of H-pyrrole nitrogens is 1. The van der Waals surface area contributed by atoms with Crippen LogP contribution >= 0.6 is 0 Å². The van der Waals surface area contributed by atoms with Gasteiger partial charge in [0.15, 0.2) is 0 Å². The van der Waals surface area contributed by atoms with Crippen molar-refractivity contribution < 1.29 is 4.79 Å². The molecule has 1 amide bonds. The lowest BCUT2D eigenvalue weighted by atomic mass is 10.3. The highest BCUT2D eigenvalue weighted by atomic mass is 16.1. The molecule has 2 N–H and O–H groups in total. The van der Waals surface area contributed by atoms with Crippen LogP contribution in [-0.4, -0.2) is 10.9 Å². The molecule has 3 nitrogen and oxygen atoms in total. The first-order chi connectivity index (χ1) is 5.83. The summed E-state index contributed by atoms with van der Waals surface area (Å²) in [6.45, 7) is 4.06. The van der Waals surface area contributed by atoms with E-state index >= 15 is 0 Å². The molecule has 0 atom stereocenters. The molecule has 0 fully saturated rings. The highest BCUT2D eigenvalue weighted by Crippen LogP contribution is 1.95. The van der Waals surface area contributed by atoms with Gasteiger partial charge in [0.05, 0.1) is 0 Å². The molecule has 1 aromatic rings. The first-order valence-corrected chi connectivity index (χ1v) is 3.82. The van der Waals surface area contributed by atoms with Crippen molar-refractivity contribution in [3.05, 3.63) is 36.7 Å². The summed E-state index contributed by atoms with van der Waals surface area (Å²) in [6.07, 6.45) is 5.65. The molecule has 0 aromatic carbocycles. The number of nitrogens with one attached hydrogen (secondary N) is 2. The van der Waals surface area contributed by atoms with Gasteiger partial charge in [-0.2, -0.15) is 0 Å². The molecule has 64 valence electrons. The van der Waals surface area contributed by atoms with Crippen molar-refractivity contribution in [2.75, 3.05) is 0 Å². The molecule has 0 aliphatic heterocycles. The van der Waals surface area contributed by atoms with E-state index in [1.165, 1.54) is 0 Å². The van der Waals surface area contributed by atoms with Crippen molar-refractivity contribution in [1.82, 2.24) is 10.3 Å². The lowest BCUT2D eigenvalue weighted by Gasteiger charge is -1.99. The highest BCUT2D eigenvalue weighted by Gasteiger charge is 1.97. The van der Waals surface area contributed by atoms with Gasteiger partial charge in [-0.05, 0) is 11.6 Å². The largest absolute Gasteiger partial charge is 0.367 e. The number of carbonyl (C=O) groups is 1. The van der Waals surface area contributed by atoms with E-state index in [1.807, 2.05) is 18.5 Å². The molecule has 0 aliphatic carbocycles. The SMILES string of the molecule is C=CCC(=O)NCc1cc[nH]c1. The predicted molar refractivity (Wildman–Crippen MR) is 47.5 cm³/mol. The van der Waals surface area contributed by atoms with Crippen molar-refractivity contribution in [2.45, 2.75) is 13.0 Å². The van der Waals surface area contributed by atoms with Gasteiger partial charge in [0.1, 0.15) is 0 Å². The molecule has 1 aromatic heterocycles. The second-order valence-electron chi connectivity index (χ2n) is 2.49. The first-order valence-electron chi connectivity index (χ1n) is 3.82. The zero-order valence-electron chi connectivity index (χ0n) is 6.84. The molecular formula is C9H12N2O. The average molecular weight is 164 g/mol. The smallest absolute Gasteiger partial charge is 0.224 e. The van der Waals surface area contributed by atoms with Crippen LogP contribution in [0.1, 0.15) is 12.0 Å². The summed E-state index contributed by atoms with van der Waals surface area (Å²) in [7, 11) is 0. The fourth-order valence-electron chi connectivity index (χ4n) is 0.872. The number of hydrogen-bond donors (Lipinski definition) is 2. The minimum atomic E-state index is 0.00574. The molecule has 1 heterocycles. The molecule has 0 aliphatic rings. The standard InChI is InChI=1S/C9H12N2O/c1-2-3-9(12)11-7-8-4-5-10-6-8/h2,4-6,10H,1,3,7H2,(H,11,12). The number of rotatable bonds is 4. The summed E-state index contributed by atoms with van der Waals surface area (Å²) in [5, 5.41) is 2.76. The maximum absolute atomic E-state index is 10.9. The second-order valence-corrected chi connectivity index (χ2v) is 2.49. The van der Waals surface area contributed by atoms with Crippen LogP contribution in [0.15, 0.2) is 31.1 Å². The topological polar surface area (TPSA) is 44.9 Å². The van der Waals surface area contributed by atoms with Gasteiger partial charge in [0, 0.05) is 25.4 Å². The molecule has 3 heteroatoms. The van der Waals surface area contributed by atoms with Gasteiger partial charge in [0.2, 0.25) is 5.91 Å². The van der Waals surface area contributed by atoms with E-state index in [9.17, 15) is 4.79 Å². The van der Waals surface area contributed by atoms with Gasteiger partial charge in [-0.1, -0.05) is 6.08 Å². The summed E-state index contributed by atoms with van der Waals surface area (Å²) in [5.74, 6) is 0.00574. The number of aromatic amines is 1. The van der Waals surface area contributed by atoms with Gasteiger partial charge >= 0.3 is 0 Å². The minimum absolute atomic E-state index is 0.00574. The van der Waals surface area contributed by atoms with E-state index in [0.29, 0.717) is 13.0 Å². The Kier molecular flexibility index (Phi) is 3.14. The van der Waals surface area contributed by atoms with Crippen molar-refractivity contribution in [3.8, 4) is 0 Å². The van der Waals surface area contributed by atoms with E-state index in [4.69, 9.17) is 0 Å². The van der Waals surface area contributed by atoms with E-state index in [1.54, 1.807) is 6.08 Å². The summed E-state index contributed by atoms with van der Waals surface area (Å²) in [4.78, 5) is 13.9. The third-order valence-corrected chi connectivity index (χ3v) is 1.48. The Morgan fingerprint density at radius 1 is 1.75 bits per heavy atom. The van der Waals surface area contributed by atoms with Crippen molar-refractivity contribution >= 4 is 5.91 Å². The minimum Gasteiger partial charge on any atom is -0.367 e. The Hall–Kier alpha value is -1.51. The molecule has 0 saturated heterocycles. The van der Waals surface area contributed by atoms with E-state index in [2.05, 4.69) is 16.9 Å². The van der Waals surface area contributed by atoms with Crippen molar-refractivity contribution in [1.29, 1.82) is 0 Å². The van der Waals surface area contributed by atoms with Gasteiger partial charge in [-0.3, -0.25) is 4.79 Å². The molecule has 0 saturated carbocycles. The van der Waals surface area contributed by atoms with Gasteiger partial charge in [-0.25, -0.2) is 0 Å². The molecular weight excluding hydrogens is 152 g/mol. The number of hydrogen-bond acceptors (Lipinski definition) is 1. The first kappa shape index (κ1) is 8.59. The maximum atomic E-state index is 10.9. The van der Waals surface area contributed by atoms with Gasteiger partial charge < -0.3 is 10.3 Å². The average Bonchev–Trinajstić information content (AvgIpc) is 2.53. The lowest BCUT2D eigenvalue weighted by Crippen LogP contribution is -2.21. The molecule has 1 rings (SSSR count). The molecule has 0 spiro atoms. The van der Waals surface area contributed by atoms with E-state index < -0.39 is 0 Å². The Labute approximate surface area is 71.5 Å². The number of aromatic nitrogens is 1. The van der Waals surface area contributed by atoms with E-state index in [0.717, 1.165) is 5.56 Å². The van der Waals surface area contributed by atoms with Crippen molar-refractivity contribution in [2.24, 2.45) is 0 Å². The third-order valence-electron chi connectivity index (χ3n) is 1.48.